The van der Waals surface area contributed by atoms with Crippen molar-refractivity contribution in [2.24, 2.45) is 0 Å². The molecule has 42 heavy (non-hydrogen) atoms. The average molecular weight is 601 g/mol. The summed E-state index contributed by atoms with van der Waals surface area (Å²) in [5, 5.41) is 6.52. The molecule has 3 heterocycles. The second kappa shape index (κ2) is 12.7. The third-order valence-electron chi connectivity index (χ3n) is 6.47. The predicted octanol–water partition coefficient (Wildman–Crippen LogP) is 4.48. The molecule has 2 aromatic heterocycles. The molecule has 10 nitrogen and oxygen atoms in total. The van der Waals surface area contributed by atoms with Crippen molar-refractivity contribution in [1.82, 2.24) is 20.3 Å². The molecule has 5 rings (SSSR count). The highest BCUT2D eigenvalue weighted by molar-refractivity contribution is 7.91. The summed E-state index contributed by atoms with van der Waals surface area (Å²) in [7, 11) is -2.62. The number of nitrogens with one attached hydrogen (secondary N) is 3. The highest BCUT2D eigenvalue weighted by atomic mass is 32.2. The maximum absolute atomic E-state index is 15.1. The molecule has 3 N–H and O–H groups in total. The van der Waals surface area contributed by atoms with E-state index in [0.717, 1.165) is 13.0 Å². The topological polar surface area (TPSA) is 127 Å². The van der Waals surface area contributed by atoms with Gasteiger partial charge in [-0.15, -0.1) is 0 Å². The van der Waals surface area contributed by atoms with Crippen LogP contribution in [0.3, 0.4) is 0 Å². The number of sulfonamides is 1. The Balaban J connectivity index is 1.37. The van der Waals surface area contributed by atoms with E-state index in [9.17, 15) is 17.2 Å². The van der Waals surface area contributed by atoms with Crippen LogP contribution in [0.1, 0.15) is 12.0 Å². The van der Waals surface area contributed by atoms with Crippen molar-refractivity contribution in [2.45, 2.75) is 24.3 Å². The van der Waals surface area contributed by atoms with Crippen LogP contribution in [0.25, 0.3) is 11.3 Å². The monoisotopic (exact) mass is 600 g/mol. The van der Waals surface area contributed by atoms with Crippen molar-refractivity contribution < 1.29 is 31.1 Å². The number of anilines is 2. The number of ether oxygens (including phenoxy) is 2. The molecule has 0 spiro atoms. The number of hydrogen-bond acceptors (Lipinski definition) is 9. The Kier molecular flexibility index (Phi) is 8.85. The molecule has 0 radical (unpaired) electrons. The zero-order chi connectivity index (χ0) is 29.7. The number of benzene rings is 2. The first-order valence-electron chi connectivity index (χ1n) is 12.9. The van der Waals surface area contributed by atoms with Gasteiger partial charge in [0.2, 0.25) is 27.7 Å². The second-order valence-corrected chi connectivity index (χ2v) is 11.2. The zero-order valence-corrected chi connectivity index (χ0v) is 23.2. The van der Waals surface area contributed by atoms with E-state index in [-0.39, 0.29) is 18.0 Å². The van der Waals surface area contributed by atoms with Gasteiger partial charge in [-0.2, -0.15) is 4.39 Å². The van der Waals surface area contributed by atoms with Crippen LogP contribution in [0.5, 0.6) is 11.6 Å². The first kappa shape index (κ1) is 29.2. The van der Waals surface area contributed by atoms with E-state index in [1.165, 1.54) is 24.5 Å². The van der Waals surface area contributed by atoms with Gasteiger partial charge in [-0.05, 0) is 30.2 Å². The van der Waals surface area contributed by atoms with Gasteiger partial charge in [0.05, 0.1) is 23.1 Å². The first-order chi connectivity index (χ1) is 20.2. The van der Waals surface area contributed by atoms with Crippen molar-refractivity contribution in [1.29, 1.82) is 0 Å². The Morgan fingerprint density at radius 1 is 1.00 bits per heavy atom. The summed E-state index contributed by atoms with van der Waals surface area (Å²) in [6, 6.07) is 13.3. The van der Waals surface area contributed by atoms with Gasteiger partial charge in [0.1, 0.15) is 5.69 Å². The summed E-state index contributed by atoms with van der Waals surface area (Å²) in [6.45, 7) is 1.42. The lowest BCUT2D eigenvalue weighted by molar-refractivity contribution is 0.0770. The Morgan fingerprint density at radius 2 is 1.81 bits per heavy atom. The number of nitrogens with zero attached hydrogens (tertiary/aromatic N) is 3. The fourth-order valence-electron chi connectivity index (χ4n) is 4.45. The number of methoxy groups -OCH3 is 1. The van der Waals surface area contributed by atoms with Gasteiger partial charge >= 0.3 is 0 Å². The first-order valence-corrected chi connectivity index (χ1v) is 14.6. The molecule has 14 heteroatoms. The third-order valence-corrected chi connectivity index (χ3v) is 7.70. The highest BCUT2D eigenvalue weighted by Crippen LogP contribution is 2.36. The molecule has 0 bridgehead atoms. The van der Waals surface area contributed by atoms with Crippen molar-refractivity contribution in [2.75, 3.05) is 30.2 Å². The molecule has 220 valence electrons. The van der Waals surface area contributed by atoms with Crippen LogP contribution >= 0.6 is 0 Å². The van der Waals surface area contributed by atoms with Crippen LogP contribution in [0.15, 0.2) is 67.0 Å². The quantitative estimate of drug-likeness (QED) is 0.226. The van der Waals surface area contributed by atoms with Gasteiger partial charge in [-0.3, -0.25) is 4.72 Å². The summed E-state index contributed by atoms with van der Waals surface area (Å²) in [4.78, 5) is 12.9. The van der Waals surface area contributed by atoms with Crippen LogP contribution < -0.4 is 20.1 Å². The number of aromatic nitrogens is 3. The fraction of sp³-hybridized carbons (Fsp3) is 0.250. The lowest BCUT2D eigenvalue weighted by atomic mass is 10.1. The number of rotatable bonds is 10. The molecule has 1 aliphatic rings. The van der Waals surface area contributed by atoms with E-state index in [1.54, 1.807) is 48.2 Å². The zero-order valence-electron chi connectivity index (χ0n) is 22.4. The molecule has 1 unspecified atom stereocenters. The van der Waals surface area contributed by atoms with Crippen LogP contribution in [0.2, 0.25) is 0 Å². The Hall–Kier alpha value is -4.27. The summed E-state index contributed by atoms with van der Waals surface area (Å²) in [6.07, 6.45) is 3.66. The standard InChI is InChI=1S/C28H27F3N6O4S/c1-40-19-12-18(14-32-15-19)35-28-34-11-9-22(36-28)20-8-5-10-33-27(20)41-23-13-21(29)26(25(31)24(23)30)37-42(38,39)16-17-6-3-2-4-7-17/h2-11,13,18-19,32,37H,12,14-16H2,1H3,(H,34,35,36)/t18-,19?/m0/s1. The smallest absolute Gasteiger partial charge is 0.237 e. The van der Waals surface area contributed by atoms with E-state index in [4.69, 9.17) is 9.47 Å². The van der Waals surface area contributed by atoms with Crippen molar-refractivity contribution in [3.63, 3.8) is 0 Å². The van der Waals surface area contributed by atoms with Gasteiger partial charge in [0.15, 0.2) is 17.4 Å². The Morgan fingerprint density at radius 3 is 2.60 bits per heavy atom. The van der Waals surface area contributed by atoms with Gasteiger partial charge in [-0.25, -0.2) is 32.2 Å². The minimum atomic E-state index is -4.26. The normalized spacial score (nSPS) is 17.0. The fourth-order valence-corrected chi connectivity index (χ4v) is 5.65. The van der Waals surface area contributed by atoms with E-state index >= 15 is 4.39 Å². The van der Waals surface area contributed by atoms with E-state index in [1.807, 2.05) is 0 Å². The van der Waals surface area contributed by atoms with Gasteiger partial charge < -0.3 is 20.1 Å². The molecule has 0 aliphatic carbocycles. The number of halogens is 3. The van der Waals surface area contributed by atoms with E-state index in [0.29, 0.717) is 35.4 Å². The lowest BCUT2D eigenvalue weighted by Crippen LogP contribution is -2.46. The Bertz CT molecular complexity index is 1660. The van der Waals surface area contributed by atoms with Gasteiger partial charge in [-0.1, -0.05) is 30.3 Å². The maximum Gasteiger partial charge on any atom is 0.237 e. The summed E-state index contributed by atoms with van der Waals surface area (Å²) < 4.78 is 82.7. The molecule has 0 saturated carbocycles. The van der Waals surface area contributed by atoms with Crippen LogP contribution in [-0.2, 0) is 20.5 Å². The van der Waals surface area contributed by atoms with Crippen LogP contribution in [0.4, 0.5) is 24.8 Å². The van der Waals surface area contributed by atoms with Crippen molar-refractivity contribution in [3.8, 4) is 22.9 Å². The van der Waals surface area contributed by atoms with E-state index < -0.39 is 44.7 Å². The molecule has 1 fully saturated rings. The molecule has 1 saturated heterocycles. The van der Waals surface area contributed by atoms with Crippen molar-refractivity contribution in [3.05, 3.63) is 90.0 Å². The summed E-state index contributed by atoms with van der Waals surface area (Å²) >= 11 is 0. The molecular formula is C28H27F3N6O4S. The third kappa shape index (κ3) is 6.95. The minimum Gasteiger partial charge on any atom is -0.435 e. The van der Waals surface area contributed by atoms with E-state index in [2.05, 4.69) is 25.6 Å². The average Bonchev–Trinajstić information content (AvgIpc) is 2.99. The van der Waals surface area contributed by atoms with Gasteiger partial charge in [0, 0.05) is 44.7 Å². The Labute approximate surface area is 240 Å². The maximum atomic E-state index is 15.1. The number of hydrogen-bond donors (Lipinski definition) is 3. The molecule has 2 atom stereocenters. The predicted molar refractivity (Wildman–Crippen MR) is 150 cm³/mol. The highest BCUT2D eigenvalue weighted by Gasteiger charge is 2.26. The molecule has 0 amide bonds. The van der Waals surface area contributed by atoms with Crippen LogP contribution in [-0.4, -0.2) is 55.7 Å². The van der Waals surface area contributed by atoms with Crippen LogP contribution in [0, 0.1) is 17.5 Å². The number of piperidine rings is 1. The largest absolute Gasteiger partial charge is 0.435 e. The number of pyridine rings is 1. The second-order valence-electron chi connectivity index (χ2n) is 9.52. The molecule has 4 aromatic rings. The summed E-state index contributed by atoms with van der Waals surface area (Å²) in [5.41, 5.74) is -0.121. The SMILES string of the molecule is COC1CNC[C@@H](Nc2nccc(-c3cccnc3Oc3cc(F)c(NS(=O)(=O)Cc4ccccc4)c(F)c3F)n2)C1. The minimum absolute atomic E-state index is 0.00671. The lowest BCUT2D eigenvalue weighted by Gasteiger charge is -2.29. The summed E-state index contributed by atoms with van der Waals surface area (Å²) in [5.74, 6) is -6.00. The van der Waals surface area contributed by atoms with Crippen molar-refractivity contribution >= 4 is 21.7 Å². The molecular weight excluding hydrogens is 573 g/mol. The van der Waals surface area contributed by atoms with Gasteiger partial charge in [0.25, 0.3) is 0 Å². The molecule has 1 aliphatic heterocycles. The molecule has 2 aromatic carbocycles.